The highest BCUT2D eigenvalue weighted by molar-refractivity contribution is 5.74. The van der Waals surface area contributed by atoms with Crippen LogP contribution in [-0.4, -0.2) is 79.1 Å². The number of piperazine rings is 1. The lowest BCUT2D eigenvalue weighted by molar-refractivity contribution is 0.135. The van der Waals surface area contributed by atoms with E-state index in [9.17, 15) is 4.79 Å². The zero-order valence-corrected chi connectivity index (χ0v) is 13.0. The number of pyridine rings is 1. The molecule has 0 unspecified atom stereocenters. The van der Waals surface area contributed by atoms with Gasteiger partial charge in [0.05, 0.1) is 0 Å². The Morgan fingerprint density at radius 2 is 1.90 bits per heavy atom. The van der Waals surface area contributed by atoms with Crippen LogP contribution in [0.1, 0.15) is 5.56 Å². The van der Waals surface area contributed by atoms with Crippen LogP contribution in [-0.2, 0) is 6.54 Å². The number of amides is 2. The van der Waals surface area contributed by atoms with Crippen LogP contribution in [0.15, 0.2) is 24.5 Å². The first-order valence-electron chi connectivity index (χ1n) is 7.44. The molecule has 1 aliphatic heterocycles. The largest absolute Gasteiger partial charge is 0.337 e. The van der Waals surface area contributed by atoms with E-state index in [0.29, 0.717) is 6.54 Å². The Hall–Kier alpha value is -1.66. The summed E-state index contributed by atoms with van der Waals surface area (Å²) >= 11 is 0. The van der Waals surface area contributed by atoms with Crippen LogP contribution in [0.3, 0.4) is 0 Å². The lowest BCUT2D eigenvalue weighted by Gasteiger charge is -2.34. The van der Waals surface area contributed by atoms with E-state index in [0.717, 1.165) is 39.3 Å². The van der Waals surface area contributed by atoms with E-state index in [-0.39, 0.29) is 6.03 Å². The topological polar surface area (TPSA) is 51.7 Å². The Balaban J connectivity index is 1.69. The molecule has 2 heterocycles. The highest BCUT2D eigenvalue weighted by atomic mass is 16.2. The Morgan fingerprint density at radius 3 is 2.52 bits per heavy atom. The van der Waals surface area contributed by atoms with Crippen LogP contribution in [0.2, 0.25) is 0 Å². The molecule has 0 atom stereocenters. The molecule has 0 bridgehead atoms. The predicted octanol–water partition coefficient (Wildman–Crippen LogP) is 0.470. The number of rotatable bonds is 5. The Bertz CT molecular complexity index is 429. The summed E-state index contributed by atoms with van der Waals surface area (Å²) in [6.45, 7) is 5.92. The first-order valence-corrected chi connectivity index (χ1v) is 7.44. The zero-order chi connectivity index (χ0) is 15.1. The summed E-state index contributed by atoms with van der Waals surface area (Å²) < 4.78 is 0. The molecule has 1 aromatic heterocycles. The number of likely N-dealkylation sites (N-methyl/N-ethyl adjacent to an activating group) is 1. The normalized spacial score (nSPS) is 16.2. The molecule has 1 saturated heterocycles. The van der Waals surface area contributed by atoms with Gasteiger partial charge in [0.1, 0.15) is 0 Å². The minimum absolute atomic E-state index is 0.0559. The van der Waals surface area contributed by atoms with Crippen molar-refractivity contribution in [3.8, 4) is 0 Å². The second-order valence-corrected chi connectivity index (χ2v) is 5.65. The van der Waals surface area contributed by atoms with E-state index in [1.807, 2.05) is 43.5 Å². The van der Waals surface area contributed by atoms with Crippen LogP contribution in [0.5, 0.6) is 0 Å². The standard InChI is InChI=1S/C15H25N5O/c1-18(2)8-7-17-15(21)20-11-9-19(10-12-20)13-14-3-5-16-6-4-14/h3-6H,7-13H2,1-2H3,(H,17,21). The lowest BCUT2D eigenvalue weighted by Crippen LogP contribution is -2.52. The van der Waals surface area contributed by atoms with Crippen molar-refractivity contribution in [2.45, 2.75) is 6.54 Å². The van der Waals surface area contributed by atoms with Crippen molar-refractivity contribution >= 4 is 6.03 Å². The van der Waals surface area contributed by atoms with E-state index in [1.54, 1.807) is 0 Å². The molecule has 0 aromatic carbocycles. The van der Waals surface area contributed by atoms with Crippen LogP contribution in [0.25, 0.3) is 0 Å². The average Bonchev–Trinajstić information content (AvgIpc) is 2.48. The number of hydrogen-bond donors (Lipinski definition) is 1. The molecule has 6 nitrogen and oxygen atoms in total. The predicted molar refractivity (Wildman–Crippen MR) is 83.0 cm³/mol. The molecular formula is C15H25N5O. The van der Waals surface area contributed by atoms with Gasteiger partial charge < -0.3 is 15.1 Å². The van der Waals surface area contributed by atoms with E-state index >= 15 is 0 Å². The van der Waals surface area contributed by atoms with Crippen molar-refractivity contribution in [2.24, 2.45) is 0 Å². The van der Waals surface area contributed by atoms with Crippen LogP contribution >= 0.6 is 0 Å². The molecule has 0 spiro atoms. The summed E-state index contributed by atoms with van der Waals surface area (Å²) in [6.07, 6.45) is 3.65. The van der Waals surface area contributed by atoms with E-state index < -0.39 is 0 Å². The monoisotopic (exact) mass is 291 g/mol. The smallest absolute Gasteiger partial charge is 0.317 e. The minimum Gasteiger partial charge on any atom is -0.337 e. The van der Waals surface area contributed by atoms with Crippen molar-refractivity contribution in [1.29, 1.82) is 0 Å². The quantitative estimate of drug-likeness (QED) is 0.857. The summed E-state index contributed by atoms with van der Waals surface area (Å²) in [7, 11) is 4.01. The third kappa shape index (κ3) is 5.32. The molecule has 1 N–H and O–H groups in total. The number of hydrogen-bond acceptors (Lipinski definition) is 4. The molecule has 0 aliphatic carbocycles. The molecule has 116 valence electrons. The van der Waals surface area contributed by atoms with Crippen LogP contribution in [0, 0.1) is 0 Å². The Labute approximate surface area is 126 Å². The average molecular weight is 291 g/mol. The molecule has 2 amide bonds. The summed E-state index contributed by atoms with van der Waals surface area (Å²) in [6, 6.07) is 4.14. The number of aromatic nitrogens is 1. The number of nitrogens with one attached hydrogen (secondary N) is 1. The Kier molecular flexibility index (Phi) is 5.95. The molecule has 2 rings (SSSR count). The maximum Gasteiger partial charge on any atom is 0.317 e. The highest BCUT2D eigenvalue weighted by Crippen LogP contribution is 2.07. The molecule has 0 saturated carbocycles. The summed E-state index contributed by atoms with van der Waals surface area (Å²) in [5.41, 5.74) is 1.27. The Morgan fingerprint density at radius 1 is 1.24 bits per heavy atom. The maximum atomic E-state index is 12.0. The first-order chi connectivity index (χ1) is 10.1. The van der Waals surface area contributed by atoms with E-state index in [1.165, 1.54) is 5.56 Å². The second kappa shape index (κ2) is 7.95. The van der Waals surface area contributed by atoms with Gasteiger partial charge in [0.15, 0.2) is 0 Å². The van der Waals surface area contributed by atoms with Crippen LogP contribution < -0.4 is 5.32 Å². The first kappa shape index (κ1) is 15.7. The molecular weight excluding hydrogens is 266 g/mol. The molecule has 1 fully saturated rings. The van der Waals surface area contributed by atoms with Gasteiger partial charge in [0, 0.05) is 58.2 Å². The number of carbonyl (C=O) groups is 1. The second-order valence-electron chi connectivity index (χ2n) is 5.65. The van der Waals surface area contributed by atoms with Crippen LogP contribution in [0.4, 0.5) is 4.79 Å². The van der Waals surface area contributed by atoms with Crippen molar-refractivity contribution in [2.75, 3.05) is 53.4 Å². The van der Waals surface area contributed by atoms with E-state index in [4.69, 9.17) is 0 Å². The molecule has 1 aliphatic rings. The van der Waals surface area contributed by atoms with Gasteiger partial charge in [-0.05, 0) is 31.8 Å². The molecule has 6 heteroatoms. The van der Waals surface area contributed by atoms with Gasteiger partial charge >= 0.3 is 6.03 Å². The fourth-order valence-electron chi connectivity index (χ4n) is 2.35. The zero-order valence-electron chi connectivity index (χ0n) is 13.0. The van der Waals surface area contributed by atoms with Gasteiger partial charge in [0.25, 0.3) is 0 Å². The summed E-state index contributed by atoms with van der Waals surface area (Å²) in [5, 5.41) is 2.97. The van der Waals surface area contributed by atoms with Gasteiger partial charge in [-0.25, -0.2) is 4.79 Å². The third-order valence-electron chi connectivity index (χ3n) is 3.65. The van der Waals surface area contributed by atoms with Gasteiger partial charge in [-0.3, -0.25) is 9.88 Å². The number of carbonyl (C=O) groups excluding carboxylic acids is 1. The van der Waals surface area contributed by atoms with Crippen molar-refractivity contribution in [3.05, 3.63) is 30.1 Å². The van der Waals surface area contributed by atoms with Gasteiger partial charge in [-0.15, -0.1) is 0 Å². The van der Waals surface area contributed by atoms with Crippen molar-refractivity contribution < 1.29 is 4.79 Å². The molecule has 1 aromatic rings. The fourth-order valence-corrected chi connectivity index (χ4v) is 2.35. The summed E-state index contributed by atoms with van der Waals surface area (Å²) in [5.74, 6) is 0. The van der Waals surface area contributed by atoms with Crippen molar-refractivity contribution in [3.63, 3.8) is 0 Å². The minimum atomic E-state index is 0.0559. The fraction of sp³-hybridized carbons (Fsp3) is 0.600. The lowest BCUT2D eigenvalue weighted by atomic mass is 10.2. The highest BCUT2D eigenvalue weighted by Gasteiger charge is 2.20. The van der Waals surface area contributed by atoms with Gasteiger partial charge in [-0.1, -0.05) is 0 Å². The third-order valence-corrected chi connectivity index (χ3v) is 3.65. The number of urea groups is 1. The van der Waals surface area contributed by atoms with Crippen molar-refractivity contribution in [1.82, 2.24) is 25.0 Å². The molecule has 21 heavy (non-hydrogen) atoms. The SMILES string of the molecule is CN(C)CCNC(=O)N1CCN(Cc2ccncc2)CC1. The van der Waals surface area contributed by atoms with Gasteiger partial charge in [-0.2, -0.15) is 0 Å². The molecule has 0 radical (unpaired) electrons. The number of nitrogens with zero attached hydrogens (tertiary/aromatic N) is 4. The van der Waals surface area contributed by atoms with E-state index in [2.05, 4.69) is 20.1 Å². The maximum absolute atomic E-state index is 12.0. The summed E-state index contributed by atoms with van der Waals surface area (Å²) in [4.78, 5) is 22.4. The van der Waals surface area contributed by atoms with Gasteiger partial charge in [0.2, 0.25) is 0 Å².